The van der Waals surface area contributed by atoms with Crippen LogP contribution < -0.4 is 4.74 Å². The first-order chi connectivity index (χ1) is 13.9. The van der Waals surface area contributed by atoms with E-state index in [1.165, 1.54) is 12.1 Å². The summed E-state index contributed by atoms with van der Waals surface area (Å²) in [5, 5.41) is 12.0. The van der Waals surface area contributed by atoms with E-state index in [1.54, 1.807) is 6.92 Å². The topological polar surface area (TPSA) is 74.2 Å². The number of halogens is 3. The SMILES string of the molecule is Cc1onc(-c2ccccc2)c1-c1nnc(COc2cccc(C(F)(F)F)c2)o1. The number of alkyl halides is 3. The van der Waals surface area contributed by atoms with Gasteiger partial charge in [-0.25, -0.2) is 0 Å². The summed E-state index contributed by atoms with van der Waals surface area (Å²) >= 11 is 0. The van der Waals surface area contributed by atoms with E-state index in [-0.39, 0.29) is 24.1 Å². The molecule has 6 nitrogen and oxygen atoms in total. The molecule has 148 valence electrons. The quantitative estimate of drug-likeness (QED) is 0.452. The normalized spacial score (nSPS) is 11.6. The van der Waals surface area contributed by atoms with Gasteiger partial charge in [-0.05, 0) is 25.1 Å². The minimum atomic E-state index is -4.45. The third kappa shape index (κ3) is 3.98. The van der Waals surface area contributed by atoms with Crippen molar-refractivity contribution >= 4 is 0 Å². The molecule has 4 rings (SSSR count). The summed E-state index contributed by atoms with van der Waals surface area (Å²) in [6, 6.07) is 13.9. The fraction of sp³-hybridized carbons (Fsp3) is 0.150. The van der Waals surface area contributed by atoms with E-state index in [4.69, 9.17) is 13.7 Å². The van der Waals surface area contributed by atoms with Crippen molar-refractivity contribution in [2.75, 3.05) is 0 Å². The summed E-state index contributed by atoms with van der Waals surface area (Å²) in [6.45, 7) is 1.54. The van der Waals surface area contributed by atoms with Crippen molar-refractivity contribution in [2.45, 2.75) is 19.7 Å². The van der Waals surface area contributed by atoms with Crippen LogP contribution in [0.2, 0.25) is 0 Å². The minimum absolute atomic E-state index is 0.0470. The van der Waals surface area contributed by atoms with Crippen LogP contribution in [0.15, 0.2) is 63.5 Å². The molecule has 4 aromatic rings. The van der Waals surface area contributed by atoms with Crippen molar-refractivity contribution in [1.29, 1.82) is 0 Å². The Morgan fingerprint density at radius 2 is 1.79 bits per heavy atom. The van der Waals surface area contributed by atoms with Gasteiger partial charge in [0.1, 0.15) is 22.8 Å². The molecule has 0 amide bonds. The summed E-state index contributed by atoms with van der Waals surface area (Å²) in [5.41, 5.74) is 1.12. The molecule has 0 aliphatic heterocycles. The molecule has 0 atom stereocenters. The maximum absolute atomic E-state index is 12.8. The molecule has 2 heterocycles. The standard InChI is InChI=1S/C20H14F3N3O3/c1-12-17(18(26-29-12)13-6-3-2-4-7-13)19-25-24-16(28-19)11-27-15-9-5-8-14(10-15)20(21,22)23/h2-10H,11H2,1H3. The van der Waals surface area contributed by atoms with Crippen molar-refractivity contribution < 1.29 is 26.8 Å². The van der Waals surface area contributed by atoms with Crippen LogP contribution >= 0.6 is 0 Å². The number of nitrogens with zero attached hydrogens (tertiary/aromatic N) is 3. The van der Waals surface area contributed by atoms with Gasteiger partial charge in [-0.3, -0.25) is 0 Å². The predicted octanol–water partition coefficient (Wildman–Crippen LogP) is 5.30. The Hall–Kier alpha value is -3.62. The van der Waals surface area contributed by atoms with Gasteiger partial charge in [0, 0.05) is 5.56 Å². The molecule has 2 aromatic carbocycles. The molecule has 0 spiro atoms. The van der Waals surface area contributed by atoms with Gasteiger partial charge in [0.2, 0.25) is 0 Å². The van der Waals surface area contributed by atoms with Gasteiger partial charge >= 0.3 is 6.18 Å². The van der Waals surface area contributed by atoms with Crippen molar-refractivity contribution in [3.63, 3.8) is 0 Å². The average Bonchev–Trinajstić information content (AvgIpc) is 3.33. The first-order valence-corrected chi connectivity index (χ1v) is 8.56. The lowest BCUT2D eigenvalue weighted by molar-refractivity contribution is -0.137. The number of ether oxygens (including phenoxy) is 1. The highest BCUT2D eigenvalue weighted by Gasteiger charge is 2.30. The Morgan fingerprint density at radius 1 is 1.00 bits per heavy atom. The van der Waals surface area contributed by atoms with Crippen LogP contribution in [0.3, 0.4) is 0 Å². The molecule has 0 N–H and O–H groups in total. The Balaban J connectivity index is 1.54. The molecule has 0 bridgehead atoms. The summed E-state index contributed by atoms with van der Waals surface area (Å²) in [5.74, 6) is 0.839. The second-order valence-corrected chi connectivity index (χ2v) is 6.14. The van der Waals surface area contributed by atoms with Crippen molar-refractivity contribution in [2.24, 2.45) is 0 Å². The fourth-order valence-electron chi connectivity index (χ4n) is 2.74. The summed E-state index contributed by atoms with van der Waals surface area (Å²) in [7, 11) is 0. The minimum Gasteiger partial charge on any atom is -0.484 e. The van der Waals surface area contributed by atoms with Crippen molar-refractivity contribution in [3.05, 3.63) is 71.8 Å². The third-order valence-electron chi connectivity index (χ3n) is 4.11. The largest absolute Gasteiger partial charge is 0.484 e. The first-order valence-electron chi connectivity index (χ1n) is 8.56. The smallest absolute Gasteiger partial charge is 0.416 e. The molecule has 0 aliphatic rings. The zero-order valence-corrected chi connectivity index (χ0v) is 15.1. The lowest BCUT2D eigenvalue weighted by Crippen LogP contribution is -2.05. The molecule has 0 unspecified atom stereocenters. The summed E-state index contributed by atoms with van der Waals surface area (Å²) in [6.07, 6.45) is -4.45. The van der Waals surface area contributed by atoms with E-state index in [1.807, 2.05) is 30.3 Å². The van der Waals surface area contributed by atoms with Crippen LogP contribution in [0.5, 0.6) is 5.75 Å². The van der Waals surface area contributed by atoms with E-state index in [2.05, 4.69) is 15.4 Å². The number of aromatic nitrogens is 3. The van der Waals surface area contributed by atoms with Gasteiger partial charge in [0.15, 0.2) is 6.61 Å². The fourth-order valence-corrected chi connectivity index (χ4v) is 2.74. The number of hydrogen-bond donors (Lipinski definition) is 0. The molecule has 2 aromatic heterocycles. The van der Waals surface area contributed by atoms with Gasteiger partial charge in [-0.1, -0.05) is 41.6 Å². The first kappa shape index (κ1) is 18.7. The van der Waals surface area contributed by atoms with E-state index in [0.717, 1.165) is 17.7 Å². The monoisotopic (exact) mass is 401 g/mol. The van der Waals surface area contributed by atoms with E-state index < -0.39 is 11.7 Å². The zero-order valence-electron chi connectivity index (χ0n) is 15.1. The second kappa shape index (κ2) is 7.42. The lowest BCUT2D eigenvalue weighted by Gasteiger charge is -2.08. The highest BCUT2D eigenvalue weighted by atomic mass is 19.4. The zero-order chi connectivity index (χ0) is 20.4. The van der Waals surface area contributed by atoms with Crippen LogP contribution in [-0.2, 0) is 12.8 Å². The van der Waals surface area contributed by atoms with Crippen molar-refractivity contribution in [1.82, 2.24) is 15.4 Å². The molecule has 9 heteroatoms. The average molecular weight is 401 g/mol. The highest BCUT2D eigenvalue weighted by Crippen LogP contribution is 2.34. The predicted molar refractivity (Wildman–Crippen MR) is 95.7 cm³/mol. The number of aryl methyl sites for hydroxylation is 1. The van der Waals surface area contributed by atoms with Gasteiger partial charge in [-0.15, -0.1) is 10.2 Å². The van der Waals surface area contributed by atoms with Gasteiger partial charge in [-0.2, -0.15) is 13.2 Å². The van der Waals surface area contributed by atoms with Crippen molar-refractivity contribution in [3.8, 4) is 28.5 Å². The van der Waals surface area contributed by atoms with Crippen LogP contribution in [0.25, 0.3) is 22.7 Å². The molecular weight excluding hydrogens is 387 g/mol. The maximum Gasteiger partial charge on any atom is 0.416 e. The van der Waals surface area contributed by atoms with Crippen LogP contribution in [0.4, 0.5) is 13.2 Å². The van der Waals surface area contributed by atoms with E-state index in [9.17, 15) is 13.2 Å². The maximum atomic E-state index is 12.8. The van der Waals surface area contributed by atoms with Crippen LogP contribution in [-0.4, -0.2) is 15.4 Å². The molecule has 0 aliphatic carbocycles. The second-order valence-electron chi connectivity index (χ2n) is 6.14. The summed E-state index contributed by atoms with van der Waals surface area (Å²) in [4.78, 5) is 0. The van der Waals surface area contributed by atoms with Crippen LogP contribution in [0.1, 0.15) is 17.2 Å². The summed E-state index contributed by atoms with van der Waals surface area (Å²) < 4.78 is 54.6. The molecular formula is C20H14F3N3O3. The number of benzene rings is 2. The number of hydrogen-bond acceptors (Lipinski definition) is 6. The highest BCUT2D eigenvalue weighted by molar-refractivity contribution is 5.77. The Bertz CT molecular complexity index is 1120. The third-order valence-corrected chi connectivity index (χ3v) is 4.11. The Morgan fingerprint density at radius 3 is 2.55 bits per heavy atom. The molecule has 0 saturated heterocycles. The lowest BCUT2D eigenvalue weighted by atomic mass is 10.1. The van der Waals surface area contributed by atoms with E-state index in [0.29, 0.717) is 17.0 Å². The Labute approximate surface area is 162 Å². The van der Waals surface area contributed by atoms with Crippen LogP contribution in [0, 0.1) is 6.92 Å². The Kier molecular flexibility index (Phi) is 4.79. The molecule has 0 radical (unpaired) electrons. The molecule has 0 saturated carbocycles. The molecule has 29 heavy (non-hydrogen) atoms. The van der Waals surface area contributed by atoms with Gasteiger partial charge in [0.05, 0.1) is 5.56 Å². The van der Waals surface area contributed by atoms with Gasteiger partial charge in [0.25, 0.3) is 11.8 Å². The number of rotatable bonds is 5. The van der Waals surface area contributed by atoms with E-state index >= 15 is 0 Å². The van der Waals surface area contributed by atoms with Gasteiger partial charge < -0.3 is 13.7 Å². The molecule has 0 fully saturated rings.